The van der Waals surface area contributed by atoms with Crippen molar-refractivity contribution in [3.63, 3.8) is 0 Å². The van der Waals surface area contributed by atoms with Crippen LogP contribution in [0.25, 0.3) is 33.5 Å². The molecule has 146 valence electrons. The minimum Gasteiger partial charge on any atom is -0.385 e. The fraction of sp³-hybridized carbons (Fsp3) is 0.174. The van der Waals surface area contributed by atoms with E-state index in [2.05, 4.69) is 15.5 Å². The van der Waals surface area contributed by atoms with Crippen LogP contribution in [0.15, 0.2) is 66.7 Å². The molecule has 4 rings (SSSR count). The zero-order chi connectivity index (χ0) is 20.1. The van der Waals surface area contributed by atoms with E-state index in [-0.39, 0.29) is 5.91 Å². The molecule has 2 aromatic carbocycles. The second-order valence-electron chi connectivity index (χ2n) is 6.69. The van der Waals surface area contributed by atoms with E-state index in [0.29, 0.717) is 30.1 Å². The Kier molecular flexibility index (Phi) is 5.63. The van der Waals surface area contributed by atoms with Gasteiger partial charge in [0.05, 0.1) is 22.3 Å². The third-order valence-electron chi connectivity index (χ3n) is 4.71. The molecule has 2 aromatic heterocycles. The number of ether oxygens (including phenoxy) is 1. The molecular formula is C23H22N4O2. The Morgan fingerprint density at radius 3 is 2.41 bits per heavy atom. The van der Waals surface area contributed by atoms with Crippen molar-refractivity contribution in [1.29, 1.82) is 0 Å². The lowest BCUT2D eigenvalue weighted by Crippen LogP contribution is -2.25. The number of hydrogen-bond donors (Lipinski definition) is 2. The van der Waals surface area contributed by atoms with Gasteiger partial charge in [-0.05, 0) is 12.5 Å². The molecule has 29 heavy (non-hydrogen) atoms. The molecule has 0 aliphatic rings. The standard InChI is InChI=1S/C23H22N4O2/c1-29-14-8-13-24-23(28)18-15-19(16-9-4-2-5-10-16)25-22-20(18)21(26-27-22)17-11-6-3-7-12-17/h2-7,9-12,15H,8,13-14H2,1H3,(H,24,28)(H,25,26,27). The summed E-state index contributed by atoms with van der Waals surface area (Å²) >= 11 is 0. The SMILES string of the molecule is COCCCNC(=O)c1cc(-c2ccccc2)nc2n[nH]c(-c3ccccc3)c12. The number of aromatic nitrogens is 3. The molecule has 0 saturated carbocycles. The Hall–Kier alpha value is -3.51. The highest BCUT2D eigenvalue weighted by Gasteiger charge is 2.20. The van der Waals surface area contributed by atoms with E-state index in [1.54, 1.807) is 7.11 Å². The molecule has 1 amide bonds. The summed E-state index contributed by atoms with van der Waals surface area (Å²) in [7, 11) is 1.65. The quantitative estimate of drug-likeness (QED) is 0.470. The molecular weight excluding hydrogens is 364 g/mol. The maximum atomic E-state index is 13.1. The van der Waals surface area contributed by atoms with E-state index >= 15 is 0 Å². The van der Waals surface area contributed by atoms with Gasteiger partial charge in [0.2, 0.25) is 0 Å². The molecule has 0 saturated heterocycles. The van der Waals surface area contributed by atoms with Crippen LogP contribution in [0.3, 0.4) is 0 Å². The summed E-state index contributed by atoms with van der Waals surface area (Å²) in [6.07, 6.45) is 0.749. The van der Waals surface area contributed by atoms with E-state index in [9.17, 15) is 4.79 Å². The smallest absolute Gasteiger partial charge is 0.252 e. The van der Waals surface area contributed by atoms with Crippen LogP contribution in [0.2, 0.25) is 0 Å². The van der Waals surface area contributed by atoms with E-state index in [4.69, 9.17) is 9.72 Å². The first kappa shape index (κ1) is 18.8. The van der Waals surface area contributed by atoms with Gasteiger partial charge in [-0.2, -0.15) is 5.10 Å². The topological polar surface area (TPSA) is 79.9 Å². The number of carbonyl (C=O) groups excluding carboxylic acids is 1. The minimum atomic E-state index is -0.149. The summed E-state index contributed by atoms with van der Waals surface area (Å²) in [5.74, 6) is -0.149. The van der Waals surface area contributed by atoms with E-state index < -0.39 is 0 Å². The number of carbonyl (C=O) groups is 1. The first-order valence-electron chi connectivity index (χ1n) is 9.55. The fourth-order valence-corrected chi connectivity index (χ4v) is 3.29. The summed E-state index contributed by atoms with van der Waals surface area (Å²) in [4.78, 5) is 17.8. The van der Waals surface area contributed by atoms with Crippen LogP contribution in [0, 0.1) is 0 Å². The Bertz CT molecular complexity index is 1110. The van der Waals surface area contributed by atoms with Gasteiger partial charge >= 0.3 is 0 Å². The van der Waals surface area contributed by atoms with Gasteiger partial charge in [0.25, 0.3) is 5.91 Å². The van der Waals surface area contributed by atoms with Crippen molar-refractivity contribution in [3.05, 3.63) is 72.3 Å². The number of pyridine rings is 1. The van der Waals surface area contributed by atoms with Gasteiger partial charge in [-0.1, -0.05) is 60.7 Å². The van der Waals surface area contributed by atoms with Crippen molar-refractivity contribution in [2.75, 3.05) is 20.3 Å². The lowest BCUT2D eigenvalue weighted by molar-refractivity contribution is 0.0950. The van der Waals surface area contributed by atoms with Gasteiger partial charge in [-0.25, -0.2) is 4.98 Å². The van der Waals surface area contributed by atoms with Gasteiger partial charge < -0.3 is 10.1 Å². The van der Waals surface area contributed by atoms with Crippen LogP contribution in [-0.2, 0) is 4.74 Å². The number of H-pyrrole nitrogens is 1. The summed E-state index contributed by atoms with van der Waals surface area (Å²) in [5, 5.41) is 11.2. The van der Waals surface area contributed by atoms with Gasteiger partial charge in [-0.15, -0.1) is 0 Å². The second-order valence-corrected chi connectivity index (χ2v) is 6.69. The van der Waals surface area contributed by atoms with Crippen LogP contribution in [0.5, 0.6) is 0 Å². The number of amides is 1. The Labute approximate surface area is 168 Å². The number of nitrogens with zero attached hydrogens (tertiary/aromatic N) is 2. The Morgan fingerprint density at radius 1 is 1.03 bits per heavy atom. The maximum absolute atomic E-state index is 13.1. The van der Waals surface area contributed by atoms with Crippen LogP contribution in [0.1, 0.15) is 16.8 Å². The highest BCUT2D eigenvalue weighted by molar-refractivity contribution is 6.10. The minimum absolute atomic E-state index is 0.149. The van der Waals surface area contributed by atoms with Crippen molar-refractivity contribution in [2.45, 2.75) is 6.42 Å². The molecule has 2 N–H and O–H groups in total. The molecule has 0 aliphatic carbocycles. The van der Waals surface area contributed by atoms with Crippen LogP contribution >= 0.6 is 0 Å². The third-order valence-corrected chi connectivity index (χ3v) is 4.71. The zero-order valence-corrected chi connectivity index (χ0v) is 16.2. The van der Waals surface area contributed by atoms with Crippen molar-refractivity contribution in [2.24, 2.45) is 0 Å². The van der Waals surface area contributed by atoms with Crippen molar-refractivity contribution >= 4 is 16.9 Å². The summed E-state index contributed by atoms with van der Waals surface area (Å²) in [6.45, 7) is 1.14. The van der Waals surface area contributed by atoms with Gasteiger partial charge in [0.15, 0.2) is 5.65 Å². The van der Waals surface area contributed by atoms with Crippen molar-refractivity contribution < 1.29 is 9.53 Å². The highest BCUT2D eigenvalue weighted by Crippen LogP contribution is 2.31. The van der Waals surface area contributed by atoms with Crippen molar-refractivity contribution in [1.82, 2.24) is 20.5 Å². The summed E-state index contributed by atoms with van der Waals surface area (Å²) < 4.78 is 5.06. The number of hydrogen-bond acceptors (Lipinski definition) is 4. The number of benzene rings is 2. The Morgan fingerprint density at radius 2 is 1.72 bits per heavy atom. The van der Waals surface area contributed by atoms with E-state index in [1.165, 1.54) is 0 Å². The van der Waals surface area contributed by atoms with Gasteiger partial charge in [0.1, 0.15) is 0 Å². The van der Waals surface area contributed by atoms with Crippen LogP contribution in [0.4, 0.5) is 0 Å². The lowest BCUT2D eigenvalue weighted by Gasteiger charge is -2.10. The van der Waals surface area contributed by atoms with Crippen LogP contribution in [-0.4, -0.2) is 41.3 Å². The lowest BCUT2D eigenvalue weighted by atomic mass is 10.0. The first-order chi connectivity index (χ1) is 14.3. The van der Waals surface area contributed by atoms with Gasteiger partial charge in [0, 0.05) is 31.4 Å². The normalized spacial score (nSPS) is 10.9. The molecule has 0 atom stereocenters. The van der Waals surface area contributed by atoms with Gasteiger partial charge in [-0.3, -0.25) is 9.89 Å². The Balaban J connectivity index is 1.82. The van der Waals surface area contributed by atoms with Crippen molar-refractivity contribution in [3.8, 4) is 22.5 Å². The average molecular weight is 386 g/mol. The number of aromatic amines is 1. The molecule has 0 aliphatic heterocycles. The predicted molar refractivity (Wildman–Crippen MR) is 114 cm³/mol. The largest absolute Gasteiger partial charge is 0.385 e. The number of nitrogens with one attached hydrogen (secondary N) is 2. The number of rotatable bonds is 7. The van der Waals surface area contributed by atoms with Crippen LogP contribution < -0.4 is 5.32 Å². The fourth-order valence-electron chi connectivity index (χ4n) is 3.29. The van der Waals surface area contributed by atoms with E-state index in [1.807, 2.05) is 66.7 Å². The second kappa shape index (κ2) is 8.67. The molecule has 0 unspecified atom stereocenters. The molecule has 0 fully saturated rings. The maximum Gasteiger partial charge on any atom is 0.252 e. The third kappa shape index (κ3) is 4.02. The molecule has 4 aromatic rings. The first-order valence-corrected chi connectivity index (χ1v) is 9.55. The van der Waals surface area contributed by atoms with E-state index in [0.717, 1.165) is 28.6 Å². The molecule has 0 bridgehead atoms. The summed E-state index contributed by atoms with van der Waals surface area (Å²) in [6, 6.07) is 21.5. The average Bonchev–Trinajstić information content (AvgIpc) is 3.21. The monoisotopic (exact) mass is 386 g/mol. The zero-order valence-electron chi connectivity index (χ0n) is 16.2. The summed E-state index contributed by atoms with van der Waals surface area (Å²) in [5.41, 5.74) is 4.47. The predicted octanol–water partition coefficient (Wildman–Crippen LogP) is 4.06. The molecule has 6 nitrogen and oxygen atoms in total. The highest BCUT2D eigenvalue weighted by atomic mass is 16.5. The number of fused-ring (bicyclic) bond motifs is 1. The molecule has 0 radical (unpaired) electrons. The molecule has 2 heterocycles. The molecule has 6 heteroatoms. The number of methoxy groups -OCH3 is 1. The molecule has 0 spiro atoms.